The third-order valence-electron chi connectivity index (χ3n) is 8.81. The Morgan fingerprint density at radius 2 is 1.68 bits per heavy atom. The molecule has 196 valence electrons. The van der Waals surface area contributed by atoms with Gasteiger partial charge in [0.2, 0.25) is 0 Å². The number of hydrogen-bond donors (Lipinski definition) is 1. The summed E-state index contributed by atoms with van der Waals surface area (Å²) in [5.41, 5.74) is 1.33. The average molecular weight is 506 g/mol. The number of carbonyl (C=O) groups excluding carboxylic acids is 2. The maximum Gasteiger partial charge on any atom is 0.261 e. The molecule has 6 rings (SSSR count). The molecule has 0 radical (unpaired) electrons. The lowest BCUT2D eigenvalue weighted by Gasteiger charge is -2.50. The highest BCUT2D eigenvalue weighted by Crippen LogP contribution is 2.55. The predicted octanol–water partition coefficient (Wildman–Crippen LogP) is 5.41. The number of fused-ring (bicyclic) bond motifs is 4. The van der Waals surface area contributed by atoms with Gasteiger partial charge >= 0.3 is 0 Å². The molecule has 4 heterocycles. The summed E-state index contributed by atoms with van der Waals surface area (Å²) in [6, 6.07) is 12.5. The molecule has 2 aromatic rings. The van der Waals surface area contributed by atoms with Crippen LogP contribution in [-0.2, 0) is 9.47 Å². The zero-order valence-electron chi connectivity index (χ0n) is 21.7. The van der Waals surface area contributed by atoms with Gasteiger partial charge in [0, 0.05) is 18.0 Å². The van der Waals surface area contributed by atoms with Gasteiger partial charge in [0.05, 0.1) is 35.0 Å². The van der Waals surface area contributed by atoms with Crippen LogP contribution in [-0.4, -0.2) is 51.8 Å². The fraction of sp³-hybridized carbons (Fsp3) is 0.533. The van der Waals surface area contributed by atoms with Crippen molar-refractivity contribution in [3.63, 3.8) is 0 Å². The van der Waals surface area contributed by atoms with E-state index in [1.807, 2.05) is 12.1 Å². The topological polar surface area (TPSA) is 88.6 Å². The van der Waals surface area contributed by atoms with E-state index in [1.54, 1.807) is 30.3 Å². The smallest absolute Gasteiger partial charge is 0.261 e. The monoisotopic (exact) mass is 505 g/mol. The summed E-state index contributed by atoms with van der Waals surface area (Å²) in [5.74, 6) is 0.405. The molecule has 7 heteroatoms. The van der Waals surface area contributed by atoms with Crippen LogP contribution in [0.4, 0.5) is 0 Å². The maximum absolute atomic E-state index is 12.7. The van der Waals surface area contributed by atoms with Crippen molar-refractivity contribution in [3.05, 3.63) is 59.2 Å². The first-order valence-electron chi connectivity index (χ1n) is 13.5. The van der Waals surface area contributed by atoms with Crippen LogP contribution in [0.3, 0.4) is 0 Å². The van der Waals surface area contributed by atoms with Crippen molar-refractivity contribution in [3.8, 4) is 11.5 Å². The molecule has 1 N–H and O–H groups in total. The van der Waals surface area contributed by atoms with E-state index in [2.05, 4.69) is 20.8 Å². The number of hydrogen-bond acceptors (Lipinski definition) is 6. The first-order valence-corrected chi connectivity index (χ1v) is 13.5. The van der Waals surface area contributed by atoms with Crippen LogP contribution in [0.15, 0.2) is 42.5 Å². The van der Waals surface area contributed by atoms with Crippen molar-refractivity contribution in [1.29, 1.82) is 0 Å². The zero-order valence-corrected chi connectivity index (χ0v) is 21.7. The number of carbonyl (C=O) groups is 2. The lowest BCUT2D eigenvalue weighted by atomic mass is 9.72. The van der Waals surface area contributed by atoms with Gasteiger partial charge < -0.3 is 19.3 Å². The van der Waals surface area contributed by atoms with Crippen molar-refractivity contribution in [2.24, 2.45) is 5.92 Å². The van der Waals surface area contributed by atoms with Gasteiger partial charge in [-0.25, -0.2) is 0 Å². The molecule has 0 saturated carbocycles. The van der Waals surface area contributed by atoms with Crippen LogP contribution >= 0.6 is 0 Å². The summed E-state index contributed by atoms with van der Waals surface area (Å²) in [7, 11) is 0. The average Bonchev–Trinajstić information content (AvgIpc) is 3.44. The molecular weight excluding hydrogens is 470 g/mol. The third-order valence-corrected chi connectivity index (χ3v) is 8.81. The molecule has 2 saturated heterocycles. The quantitative estimate of drug-likeness (QED) is 0.400. The number of epoxide rings is 1. The summed E-state index contributed by atoms with van der Waals surface area (Å²) >= 11 is 0. The molecule has 2 amide bonds. The number of ether oxygens (including phenoxy) is 3. The van der Waals surface area contributed by atoms with Crippen molar-refractivity contribution < 1.29 is 28.9 Å². The molecule has 7 nitrogen and oxygen atoms in total. The lowest BCUT2D eigenvalue weighted by Crippen LogP contribution is -2.50. The second kappa shape index (κ2) is 8.84. The third kappa shape index (κ3) is 4.22. The van der Waals surface area contributed by atoms with Gasteiger partial charge in [-0.2, -0.15) is 0 Å². The first-order chi connectivity index (χ1) is 17.7. The molecule has 0 spiro atoms. The molecule has 2 fully saturated rings. The van der Waals surface area contributed by atoms with E-state index in [4.69, 9.17) is 14.2 Å². The van der Waals surface area contributed by atoms with Gasteiger partial charge in [0.15, 0.2) is 11.5 Å². The highest BCUT2D eigenvalue weighted by Gasteiger charge is 2.53. The van der Waals surface area contributed by atoms with E-state index in [1.165, 1.54) is 4.90 Å². The van der Waals surface area contributed by atoms with Crippen LogP contribution in [0.1, 0.15) is 91.7 Å². The number of para-hydroxylation sites is 1. The molecular formula is C30H35NO6. The Kier molecular flexibility index (Phi) is 5.84. The highest BCUT2D eigenvalue weighted by molar-refractivity contribution is 6.21. The summed E-state index contributed by atoms with van der Waals surface area (Å²) in [4.78, 5) is 26.8. The lowest BCUT2D eigenvalue weighted by molar-refractivity contribution is -0.159. The second-order valence-electron chi connectivity index (χ2n) is 11.7. The van der Waals surface area contributed by atoms with Crippen LogP contribution in [0.5, 0.6) is 11.5 Å². The minimum atomic E-state index is -0.469. The molecule has 0 aliphatic carbocycles. The predicted molar refractivity (Wildman–Crippen MR) is 137 cm³/mol. The van der Waals surface area contributed by atoms with E-state index in [-0.39, 0.29) is 47.4 Å². The zero-order chi connectivity index (χ0) is 25.9. The summed E-state index contributed by atoms with van der Waals surface area (Å²) < 4.78 is 19.1. The maximum atomic E-state index is 12.7. The summed E-state index contributed by atoms with van der Waals surface area (Å²) in [6.07, 6.45) is 5.08. The molecule has 0 aromatic heterocycles. The standard InChI is InChI=1S/C30H35NO6/c1-29(2)24(36-29)15-16-30(3)22-14-13-18(35-25(22)21-11-6-12-23(32)26(21)37-30)8-7-17-31-27(33)19-9-4-5-10-20(19)28(31)34/h4-6,9-12,18,22,24-25,32H,7-8,13-17H2,1-3H3/t18-,22-,24-,25+,30+/m1/s1. The number of nitrogens with zero attached hydrogens (tertiary/aromatic N) is 1. The molecule has 0 bridgehead atoms. The molecule has 5 atom stereocenters. The van der Waals surface area contributed by atoms with Gasteiger partial charge in [-0.05, 0) is 77.5 Å². The second-order valence-corrected chi connectivity index (χ2v) is 11.7. The van der Waals surface area contributed by atoms with Crippen molar-refractivity contribution in [2.45, 2.75) is 88.8 Å². The van der Waals surface area contributed by atoms with E-state index in [0.717, 1.165) is 37.7 Å². The largest absolute Gasteiger partial charge is 0.504 e. The minimum absolute atomic E-state index is 0.0136. The number of imide groups is 1. The molecule has 4 aliphatic rings. The number of rotatable bonds is 7. The van der Waals surface area contributed by atoms with Crippen molar-refractivity contribution in [1.82, 2.24) is 4.90 Å². The van der Waals surface area contributed by atoms with Crippen LogP contribution in [0.25, 0.3) is 0 Å². The van der Waals surface area contributed by atoms with E-state index >= 15 is 0 Å². The van der Waals surface area contributed by atoms with E-state index < -0.39 is 5.60 Å². The number of amides is 2. The van der Waals surface area contributed by atoms with Gasteiger partial charge in [-0.3, -0.25) is 14.5 Å². The summed E-state index contributed by atoms with van der Waals surface area (Å²) in [5, 5.41) is 10.6. The van der Waals surface area contributed by atoms with Crippen molar-refractivity contribution in [2.75, 3.05) is 6.54 Å². The van der Waals surface area contributed by atoms with Gasteiger partial charge in [0.25, 0.3) is 11.8 Å². The number of aromatic hydroxyl groups is 1. The van der Waals surface area contributed by atoms with Crippen LogP contribution in [0.2, 0.25) is 0 Å². The fourth-order valence-corrected chi connectivity index (χ4v) is 6.51. The Hall–Kier alpha value is -2.90. The van der Waals surface area contributed by atoms with Gasteiger partial charge in [0.1, 0.15) is 5.60 Å². The first kappa shape index (κ1) is 24.4. The highest BCUT2D eigenvalue weighted by atomic mass is 16.6. The van der Waals surface area contributed by atoms with E-state index in [0.29, 0.717) is 29.8 Å². The molecule has 2 aromatic carbocycles. The Morgan fingerprint density at radius 1 is 0.973 bits per heavy atom. The minimum Gasteiger partial charge on any atom is -0.504 e. The van der Waals surface area contributed by atoms with Gasteiger partial charge in [-0.1, -0.05) is 24.3 Å². The van der Waals surface area contributed by atoms with Gasteiger partial charge in [-0.15, -0.1) is 0 Å². The number of phenolic OH excluding ortho intramolecular Hbond substituents is 1. The number of phenols is 1. The van der Waals surface area contributed by atoms with Crippen molar-refractivity contribution >= 4 is 11.8 Å². The normalized spacial score (nSPS) is 31.4. The SMILES string of the molecule is CC1(C)O[C@@H]1CC[C@]1(C)Oc2c(O)cccc2[C@@H]2O[C@H](CCCN3C(=O)c4ccccc4C3=O)CC[C@H]21. The van der Waals surface area contributed by atoms with Crippen LogP contribution in [0, 0.1) is 5.92 Å². The Balaban J connectivity index is 1.13. The Labute approximate surface area is 217 Å². The number of benzene rings is 2. The molecule has 4 aliphatic heterocycles. The molecule has 37 heavy (non-hydrogen) atoms. The Bertz CT molecular complexity index is 1210. The molecule has 0 unspecified atom stereocenters. The summed E-state index contributed by atoms with van der Waals surface area (Å²) in [6.45, 7) is 6.75. The van der Waals surface area contributed by atoms with Crippen LogP contribution < -0.4 is 4.74 Å². The van der Waals surface area contributed by atoms with E-state index in [9.17, 15) is 14.7 Å². The fourth-order valence-electron chi connectivity index (χ4n) is 6.51. The Morgan fingerprint density at radius 3 is 2.35 bits per heavy atom.